The molecule has 0 radical (unpaired) electrons. The number of aromatic nitrogens is 2. The molecule has 0 bridgehead atoms. The molecule has 0 aliphatic heterocycles. The molecule has 0 aliphatic rings. The highest BCUT2D eigenvalue weighted by Crippen LogP contribution is 2.19. The quantitative estimate of drug-likeness (QED) is 0.388. The number of nitrogens with two attached hydrogens (primary N) is 2. The van der Waals surface area contributed by atoms with Crippen molar-refractivity contribution in [2.75, 3.05) is 0 Å². The van der Waals surface area contributed by atoms with Gasteiger partial charge in [-0.2, -0.15) is 26.3 Å². The van der Waals surface area contributed by atoms with E-state index in [1.165, 1.54) is 32.2 Å². The number of sulfonamides is 2. The van der Waals surface area contributed by atoms with Gasteiger partial charge in [-0.3, -0.25) is 0 Å². The zero-order valence-corrected chi connectivity index (χ0v) is 16.7. The molecule has 168 valence electrons. The summed E-state index contributed by atoms with van der Waals surface area (Å²) >= 11 is 0. The van der Waals surface area contributed by atoms with Gasteiger partial charge in [-0.1, -0.05) is 19.8 Å². The summed E-state index contributed by atoms with van der Waals surface area (Å²) in [5.41, 5.74) is -10.6. The first kappa shape index (κ1) is 28.8. The van der Waals surface area contributed by atoms with Crippen molar-refractivity contribution in [1.82, 2.24) is 4.57 Å². The Kier molecular flexibility index (Phi) is 11.9. The van der Waals surface area contributed by atoms with Gasteiger partial charge in [-0.05, 0) is 12.8 Å². The highest BCUT2D eigenvalue weighted by Gasteiger charge is 2.43. The monoisotopic (exact) mass is 465 g/mol. The minimum atomic E-state index is -5.34. The SMILES string of the molecule is CCCCCC[n+]1ccn(C)c1.NS(=O)(=O)C(F)(F)F.NS(=O)(=O)C(F)(F)F. The summed E-state index contributed by atoms with van der Waals surface area (Å²) in [5.74, 6) is 0. The number of nitrogens with zero attached hydrogens (tertiary/aromatic N) is 2. The van der Waals surface area contributed by atoms with Gasteiger partial charge in [0.05, 0.1) is 13.6 Å². The average molecular weight is 465 g/mol. The standard InChI is InChI=1S/C10H19N2.2CH2F3NO2S/c1-3-4-5-6-7-12-9-8-11(2)10-12;2*2-1(3,4)8(5,6)7/h8-10H,3-7H2,1-2H3;2*(H2,5,6,7)/q+1;;. The first-order chi connectivity index (χ1) is 12.3. The third kappa shape index (κ3) is 13.7. The lowest BCUT2D eigenvalue weighted by Gasteiger charge is -1.98. The summed E-state index contributed by atoms with van der Waals surface area (Å²) < 4.78 is 107. The summed E-state index contributed by atoms with van der Waals surface area (Å²) in [7, 11) is -8.62. The van der Waals surface area contributed by atoms with E-state index in [9.17, 15) is 43.2 Å². The molecule has 1 aromatic rings. The van der Waals surface area contributed by atoms with Gasteiger partial charge in [-0.25, -0.2) is 36.2 Å². The molecule has 0 atom stereocenters. The zero-order chi connectivity index (χ0) is 22.8. The van der Waals surface area contributed by atoms with Crippen molar-refractivity contribution >= 4 is 20.0 Å². The van der Waals surface area contributed by atoms with Crippen LogP contribution in [0.5, 0.6) is 0 Å². The van der Waals surface area contributed by atoms with E-state index in [0.29, 0.717) is 0 Å². The highest BCUT2D eigenvalue weighted by atomic mass is 32.2. The maximum Gasteiger partial charge on any atom is 0.511 e. The van der Waals surface area contributed by atoms with Crippen LogP contribution in [0.4, 0.5) is 26.3 Å². The molecule has 0 saturated carbocycles. The van der Waals surface area contributed by atoms with E-state index in [-0.39, 0.29) is 0 Å². The molecule has 0 aliphatic carbocycles. The molecule has 0 spiro atoms. The molecule has 8 nitrogen and oxygen atoms in total. The van der Waals surface area contributed by atoms with E-state index in [0.717, 1.165) is 0 Å². The Morgan fingerprint density at radius 1 is 0.893 bits per heavy atom. The fourth-order valence-corrected chi connectivity index (χ4v) is 1.36. The van der Waals surface area contributed by atoms with Crippen LogP contribution in [-0.2, 0) is 33.6 Å². The van der Waals surface area contributed by atoms with Crippen LogP contribution in [-0.4, -0.2) is 32.4 Å². The molecule has 1 aromatic heterocycles. The number of rotatable bonds is 5. The second-order valence-corrected chi connectivity index (χ2v) is 8.46. The predicted octanol–water partition coefficient (Wildman–Crippen LogP) is 1.48. The fraction of sp³-hybridized carbons (Fsp3) is 0.750. The molecule has 1 heterocycles. The van der Waals surface area contributed by atoms with E-state index in [1.54, 1.807) is 0 Å². The molecule has 0 saturated heterocycles. The average Bonchev–Trinajstić information content (AvgIpc) is 2.86. The first-order valence-electron chi connectivity index (χ1n) is 7.52. The third-order valence-electron chi connectivity index (χ3n) is 2.74. The second-order valence-electron chi connectivity index (χ2n) is 5.36. The van der Waals surface area contributed by atoms with E-state index < -0.39 is 31.1 Å². The van der Waals surface area contributed by atoms with Crippen molar-refractivity contribution < 1.29 is 47.7 Å². The minimum Gasteiger partial charge on any atom is -0.240 e. The molecular formula is C12H23F6N4O4S2+. The lowest BCUT2D eigenvalue weighted by Crippen LogP contribution is -2.30. The van der Waals surface area contributed by atoms with Crippen molar-refractivity contribution in [2.45, 2.75) is 50.2 Å². The Hall–Kier alpha value is -1.39. The zero-order valence-electron chi connectivity index (χ0n) is 15.0. The number of alkyl halides is 6. The number of unbranched alkanes of at least 4 members (excludes halogenated alkanes) is 3. The number of hydrogen-bond donors (Lipinski definition) is 2. The number of halogens is 6. The van der Waals surface area contributed by atoms with Crippen LogP contribution in [0.3, 0.4) is 0 Å². The van der Waals surface area contributed by atoms with E-state index in [4.69, 9.17) is 0 Å². The molecule has 0 unspecified atom stereocenters. The van der Waals surface area contributed by atoms with Crippen LogP contribution < -0.4 is 14.8 Å². The van der Waals surface area contributed by atoms with Gasteiger partial charge in [-0.15, -0.1) is 0 Å². The second kappa shape index (κ2) is 11.6. The summed E-state index contributed by atoms with van der Waals surface area (Å²) in [6.45, 7) is 3.41. The Balaban J connectivity index is 0. The molecule has 0 aromatic carbocycles. The number of hydrogen-bond acceptors (Lipinski definition) is 4. The van der Waals surface area contributed by atoms with Crippen molar-refractivity contribution in [3.63, 3.8) is 0 Å². The molecular weight excluding hydrogens is 442 g/mol. The summed E-state index contributed by atoms with van der Waals surface area (Å²) in [6.07, 6.45) is 11.7. The largest absolute Gasteiger partial charge is 0.511 e. The topological polar surface area (TPSA) is 129 Å². The first-order valence-corrected chi connectivity index (χ1v) is 10.6. The summed E-state index contributed by atoms with van der Waals surface area (Å²) in [5, 5.41) is 7.32. The molecule has 16 heteroatoms. The third-order valence-corrected chi connectivity index (χ3v) is 4.03. The van der Waals surface area contributed by atoms with Crippen molar-refractivity contribution in [2.24, 2.45) is 17.3 Å². The van der Waals surface area contributed by atoms with Crippen molar-refractivity contribution in [3.8, 4) is 0 Å². The highest BCUT2D eigenvalue weighted by molar-refractivity contribution is 7.90. The van der Waals surface area contributed by atoms with Gasteiger partial charge < -0.3 is 0 Å². The number of primary sulfonamides is 2. The van der Waals surface area contributed by atoms with E-state index in [2.05, 4.69) is 52.1 Å². The van der Waals surface area contributed by atoms with Gasteiger partial charge in [0.2, 0.25) is 6.33 Å². The van der Waals surface area contributed by atoms with Crippen LogP contribution in [0, 0.1) is 0 Å². The van der Waals surface area contributed by atoms with Crippen molar-refractivity contribution in [3.05, 3.63) is 18.7 Å². The minimum absolute atomic E-state index is 1.17. The van der Waals surface area contributed by atoms with Gasteiger partial charge >= 0.3 is 31.1 Å². The molecule has 4 N–H and O–H groups in total. The van der Waals surface area contributed by atoms with Crippen LogP contribution in [0.2, 0.25) is 0 Å². The van der Waals surface area contributed by atoms with E-state index >= 15 is 0 Å². The van der Waals surface area contributed by atoms with Crippen LogP contribution in [0.15, 0.2) is 18.7 Å². The predicted molar refractivity (Wildman–Crippen MR) is 88.1 cm³/mol. The molecule has 1 rings (SSSR count). The van der Waals surface area contributed by atoms with Gasteiger partial charge in [0.25, 0.3) is 0 Å². The molecule has 28 heavy (non-hydrogen) atoms. The number of aryl methyl sites for hydroxylation is 2. The van der Waals surface area contributed by atoms with Crippen LogP contribution in [0.25, 0.3) is 0 Å². The van der Waals surface area contributed by atoms with Crippen molar-refractivity contribution in [1.29, 1.82) is 0 Å². The normalized spacial score (nSPS) is 12.5. The van der Waals surface area contributed by atoms with Gasteiger partial charge in [0.1, 0.15) is 12.4 Å². The smallest absolute Gasteiger partial charge is 0.240 e. The van der Waals surface area contributed by atoms with E-state index in [1.807, 2.05) is 0 Å². The summed E-state index contributed by atoms with van der Waals surface area (Å²) in [4.78, 5) is 0. The molecule has 0 amide bonds. The Morgan fingerprint density at radius 2 is 1.29 bits per heavy atom. The van der Waals surface area contributed by atoms with Gasteiger partial charge in [0.15, 0.2) is 0 Å². The maximum atomic E-state index is 10.8. The lowest BCUT2D eigenvalue weighted by atomic mass is 10.2. The summed E-state index contributed by atoms with van der Waals surface area (Å²) in [6, 6.07) is 0. The van der Waals surface area contributed by atoms with Gasteiger partial charge in [0, 0.05) is 0 Å². The maximum absolute atomic E-state index is 10.8. The Labute approximate surface area is 159 Å². The number of imidazole rings is 1. The Morgan fingerprint density at radius 3 is 1.54 bits per heavy atom. The van der Waals surface area contributed by atoms with Crippen LogP contribution in [0.1, 0.15) is 32.6 Å². The van der Waals surface area contributed by atoms with Crippen LogP contribution >= 0.6 is 0 Å². The molecule has 0 fully saturated rings. The fourth-order valence-electron chi connectivity index (χ4n) is 1.36. The lowest BCUT2D eigenvalue weighted by molar-refractivity contribution is -0.696. The Bertz CT molecular complexity index is 731.